The summed E-state index contributed by atoms with van der Waals surface area (Å²) in [6.45, 7) is 5.57. The number of Topliss-reactive ketones (excluding diaryl/α,β-unsaturated/α-hetero) is 1. The molecule has 9 nitrogen and oxygen atoms in total. The molecule has 0 aromatic carbocycles. The van der Waals surface area contributed by atoms with Crippen LogP contribution in [0, 0.1) is 34.8 Å². The second kappa shape index (κ2) is 8.63. The van der Waals surface area contributed by atoms with Crippen LogP contribution in [-0.4, -0.2) is 63.4 Å². The maximum absolute atomic E-state index is 13.3. The first-order valence-corrected chi connectivity index (χ1v) is 13.7. The number of H-pyrrole nitrogens is 1. The van der Waals surface area contributed by atoms with Crippen LogP contribution in [0.2, 0.25) is 0 Å². The molecule has 4 atom stereocenters. The Labute approximate surface area is 228 Å². The number of anilines is 1. The molecule has 2 aliphatic heterocycles. The maximum Gasteiger partial charge on any atom is 0.428 e. The molecule has 4 fully saturated rings. The van der Waals surface area contributed by atoms with E-state index < -0.39 is 11.7 Å². The average molecular weight is 550 g/mol. The molecule has 0 radical (unpaired) electrons. The molecule has 4 unspecified atom stereocenters. The van der Waals surface area contributed by atoms with Crippen LogP contribution in [0.25, 0.3) is 22.3 Å². The Hall–Kier alpha value is -3.74. The summed E-state index contributed by atoms with van der Waals surface area (Å²) in [6.07, 6.45) is 4.34. The molecule has 3 aromatic rings. The van der Waals surface area contributed by atoms with Gasteiger partial charge in [-0.05, 0) is 62.1 Å². The summed E-state index contributed by atoms with van der Waals surface area (Å²) in [7, 11) is 0. The van der Waals surface area contributed by atoms with E-state index in [4.69, 9.17) is 0 Å². The smallest absolute Gasteiger partial charge is 0.354 e. The lowest BCUT2D eigenvalue weighted by Gasteiger charge is -2.32. The minimum Gasteiger partial charge on any atom is -0.354 e. The van der Waals surface area contributed by atoms with Crippen LogP contribution in [0.5, 0.6) is 0 Å². The van der Waals surface area contributed by atoms with Crippen LogP contribution in [0.3, 0.4) is 0 Å². The lowest BCUT2D eigenvalue weighted by molar-refractivity contribution is -0.265. The van der Waals surface area contributed by atoms with Crippen molar-refractivity contribution in [2.75, 3.05) is 31.5 Å². The number of aromatic amines is 1. The van der Waals surface area contributed by atoms with Gasteiger partial charge in [-0.15, -0.1) is 0 Å². The Morgan fingerprint density at radius 3 is 2.80 bits per heavy atom. The van der Waals surface area contributed by atoms with E-state index in [1.54, 1.807) is 0 Å². The quantitative estimate of drug-likeness (QED) is 0.444. The zero-order valence-corrected chi connectivity index (χ0v) is 21.9. The Balaban J connectivity index is 1.01. The normalized spacial score (nSPS) is 30.1. The fourth-order valence-electron chi connectivity index (χ4n) is 6.93. The van der Waals surface area contributed by atoms with Crippen molar-refractivity contribution in [3.63, 3.8) is 0 Å². The molecule has 3 aromatic heterocycles. The third-order valence-electron chi connectivity index (χ3n) is 9.56. The van der Waals surface area contributed by atoms with Crippen molar-refractivity contribution in [3.8, 4) is 17.3 Å². The molecule has 2 saturated heterocycles. The topological polar surface area (TPSA) is 124 Å². The van der Waals surface area contributed by atoms with Crippen molar-refractivity contribution in [2.24, 2.45) is 17.3 Å². The fraction of sp³-hybridized carbons (Fsp3) is 0.536. The van der Waals surface area contributed by atoms with E-state index in [-0.39, 0.29) is 33.9 Å². The summed E-state index contributed by atoms with van der Waals surface area (Å²) in [4.78, 5) is 30.6. The largest absolute Gasteiger partial charge is 0.428 e. The van der Waals surface area contributed by atoms with Crippen LogP contribution >= 0.6 is 0 Å². The average Bonchev–Trinajstić information content (AvgIpc) is 3.53. The first-order valence-electron chi connectivity index (χ1n) is 13.7. The second-order valence-corrected chi connectivity index (χ2v) is 11.9. The highest BCUT2D eigenvalue weighted by atomic mass is 19.4. The number of hydrogen-bond acceptors (Lipinski definition) is 7. The zero-order valence-electron chi connectivity index (χ0n) is 21.9. The summed E-state index contributed by atoms with van der Waals surface area (Å²) in [5, 5.41) is 16.7. The Morgan fingerprint density at radius 2 is 2.12 bits per heavy atom. The maximum atomic E-state index is 13.3. The van der Waals surface area contributed by atoms with Gasteiger partial charge in [-0.1, -0.05) is 6.92 Å². The number of nitrogens with one attached hydrogen (secondary N) is 3. The van der Waals surface area contributed by atoms with E-state index in [1.165, 1.54) is 18.8 Å². The molecule has 0 bridgehead atoms. The Bertz CT molecular complexity index is 1560. The molecule has 206 valence electrons. The summed E-state index contributed by atoms with van der Waals surface area (Å²) in [5.74, 6) is 1.72. The number of piperidine rings is 1. The van der Waals surface area contributed by atoms with Gasteiger partial charge in [-0.3, -0.25) is 9.69 Å². The number of nitrogens with zero attached hydrogens (tertiary/aromatic N) is 5. The molecule has 4 aliphatic rings. The number of fused-ring (bicyclic) bond motifs is 1. The minimum absolute atomic E-state index is 0.000809. The van der Waals surface area contributed by atoms with Gasteiger partial charge in [-0.2, -0.15) is 23.4 Å². The molecular formula is C28H28F3N8O+. The number of hydrogen-bond donors (Lipinski definition) is 3. The van der Waals surface area contributed by atoms with Crippen molar-refractivity contribution in [1.82, 2.24) is 25.2 Å². The zero-order chi connectivity index (χ0) is 27.9. The van der Waals surface area contributed by atoms with Gasteiger partial charge in [0.25, 0.3) is 0 Å². The highest BCUT2D eigenvalue weighted by Crippen LogP contribution is 2.64. The van der Waals surface area contributed by atoms with E-state index in [1.807, 2.05) is 12.3 Å². The summed E-state index contributed by atoms with van der Waals surface area (Å²) in [6, 6.07) is 2.98. The third kappa shape index (κ3) is 3.93. The van der Waals surface area contributed by atoms with Gasteiger partial charge in [0, 0.05) is 13.1 Å². The van der Waals surface area contributed by atoms with Gasteiger partial charge in [0.05, 0.1) is 40.6 Å². The second-order valence-electron chi connectivity index (χ2n) is 11.9. The molecule has 0 amide bonds. The van der Waals surface area contributed by atoms with E-state index >= 15 is 0 Å². The van der Waals surface area contributed by atoms with Crippen LogP contribution in [0.1, 0.15) is 43.7 Å². The monoisotopic (exact) mass is 549 g/mol. The molecule has 7 rings (SSSR count). The van der Waals surface area contributed by atoms with Gasteiger partial charge in [0.2, 0.25) is 5.95 Å². The molecule has 2 aliphatic carbocycles. The van der Waals surface area contributed by atoms with Crippen molar-refractivity contribution in [3.05, 3.63) is 35.8 Å². The van der Waals surface area contributed by atoms with Crippen LogP contribution in [0.4, 0.5) is 19.1 Å². The molecule has 40 heavy (non-hydrogen) atoms. The van der Waals surface area contributed by atoms with Gasteiger partial charge in [-0.25, -0.2) is 15.0 Å². The third-order valence-corrected chi connectivity index (χ3v) is 9.56. The van der Waals surface area contributed by atoms with E-state index in [2.05, 4.69) is 42.4 Å². The van der Waals surface area contributed by atoms with Crippen molar-refractivity contribution in [2.45, 2.75) is 50.4 Å². The van der Waals surface area contributed by atoms with Gasteiger partial charge in [0.15, 0.2) is 17.5 Å². The molecule has 2 saturated carbocycles. The van der Waals surface area contributed by atoms with Crippen molar-refractivity contribution >= 4 is 22.8 Å². The SMILES string of the molecule is CC1CC12CNC1(C2)C(=O)C1N1CCC(CNc2ncc(C#N)c(-c3c[nH]c4[n+]#cc(C(F)(F)F)cc34)n2)CC1. The number of rotatable bonds is 5. The number of carbonyl (C=O) groups excluding carboxylic acids is 1. The molecule has 2 spiro atoms. The van der Waals surface area contributed by atoms with Crippen LogP contribution in [0.15, 0.2) is 18.5 Å². The number of ketones is 1. The van der Waals surface area contributed by atoms with E-state index in [9.17, 15) is 23.2 Å². The predicted octanol–water partition coefficient (Wildman–Crippen LogP) is 2.75. The molecule has 3 N–H and O–H groups in total. The Morgan fingerprint density at radius 1 is 1.35 bits per heavy atom. The minimum atomic E-state index is -4.60. The number of carbonyl (C=O) groups is 1. The summed E-state index contributed by atoms with van der Waals surface area (Å²) in [5.41, 5.74) is -0.0461. The molecule has 12 heteroatoms. The predicted molar refractivity (Wildman–Crippen MR) is 137 cm³/mol. The molecule has 5 heterocycles. The number of halogens is 3. The number of aromatic nitrogens is 4. The van der Waals surface area contributed by atoms with E-state index in [0.29, 0.717) is 41.1 Å². The van der Waals surface area contributed by atoms with Gasteiger partial charge in [0.1, 0.15) is 11.6 Å². The lowest BCUT2D eigenvalue weighted by Crippen LogP contribution is -2.42. The highest BCUT2D eigenvalue weighted by Gasteiger charge is 2.75. The number of nitriles is 1. The first kappa shape index (κ1) is 25.2. The van der Waals surface area contributed by atoms with Gasteiger partial charge < -0.3 is 10.6 Å². The number of alkyl halides is 3. The Kier molecular flexibility index (Phi) is 5.44. The lowest BCUT2D eigenvalue weighted by atomic mass is 9.95. The first-order chi connectivity index (χ1) is 19.1. The standard InChI is InChI=1S/C28H27F3N8O/c1-15-7-26(15)13-27(37-14-26)22(23(27)40)39-4-2-16(3-5-39)9-35-25-36-10-17(8-32)21(38-25)20-12-34-24-19(20)6-18(11-33-24)28(29,30)31/h6,10,12,15-16,22,37H,2-5,7,9,13-14H2,1H3,(H,35,36,38)/p+1. The van der Waals surface area contributed by atoms with Gasteiger partial charge >= 0.3 is 11.8 Å². The van der Waals surface area contributed by atoms with Crippen molar-refractivity contribution < 1.29 is 22.9 Å². The van der Waals surface area contributed by atoms with Crippen molar-refractivity contribution in [1.29, 1.82) is 5.26 Å². The van der Waals surface area contributed by atoms with Crippen LogP contribution in [-0.2, 0) is 11.0 Å². The van der Waals surface area contributed by atoms with E-state index in [0.717, 1.165) is 45.0 Å². The number of likely N-dealkylation sites (tertiary alicyclic amines) is 1. The fourth-order valence-corrected chi connectivity index (χ4v) is 6.93. The summed E-state index contributed by atoms with van der Waals surface area (Å²) < 4.78 is 39.8. The van der Waals surface area contributed by atoms with Crippen LogP contribution < -0.4 is 15.6 Å². The highest BCUT2D eigenvalue weighted by molar-refractivity contribution is 6.12. The molecular weight excluding hydrogens is 521 g/mol. The summed E-state index contributed by atoms with van der Waals surface area (Å²) >= 11 is 0.